The fourth-order valence-corrected chi connectivity index (χ4v) is 3.41. The van der Waals surface area contributed by atoms with Gasteiger partial charge in [0.05, 0.1) is 25.0 Å². The summed E-state index contributed by atoms with van der Waals surface area (Å²) in [5.74, 6) is 1.01. The van der Waals surface area contributed by atoms with Gasteiger partial charge in [-0.2, -0.15) is 4.31 Å². The third-order valence-electron chi connectivity index (χ3n) is 4.21. The number of rotatable bonds is 4. The zero-order valence-electron chi connectivity index (χ0n) is 12.1. The Morgan fingerprint density at radius 2 is 2.19 bits per heavy atom. The summed E-state index contributed by atoms with van der Waals surface area (Å²) in [6.07, 6.45) is 6.21. The number of hydrogen-bond donors (Lipinski definition) is 1. The van der Waals surface area contributed by atoms with Crippen molar-refractivity contribution < 1.29 is 13.2 Å². The molecule has 116 valence electrons. The number of imidazole rings is 1. The Balaban J connectivity index is 1.62. The number of fused-ring (bicyclic) bond motifs is 1. The maximum Gasteiger partial charge on any atom is 0.223 e. The molecule has 3 rings (SSSR count). The lowest BCUT2D eigenvalue weighted by molar-refractivity contribution is -0.127. The predicted molar refractivity (Wildman–Crippen MR) is 76.7 cm³/mol. The number of nitrogens with zero attached hydrogens (tertiary/aromatic N) is 3. The van der Waals surface area contributed by atoms with Gasteiger partial charge >= 0.3 is 0 Å². The number of sulfonamides is 1. The number of carbonyl (C=O) groups is 1. The highest BCUT2D eigenvalue weighted by Crippen LogP contribution is 2.26. The minimum atomic E-state index is -3.18. The van der Waals surface area contributed by atoms with Crippen LogP contribution in [0.15, 0.2) is 6.20 Å². The van der Waals surface area contributed by atoms with Crippen LogP contribution in [-0.2, 0) is 34.5 Å². The van der Waals surface area contributed by atoms with E-state index in [1.807, 2.05) is 10.8 Å². The van der Waals surface area contributed by atoms with E-state index in [1.54, 1.807) is 0 Å². The van der Waals surface area contributed by atoms with Crippen molar-refractivity contribution in [2.24, 2.45) is 5.92 Å². The molecule has 1 saturated carbocycles. The molecule has 1 aliphatic carbocycles. The van der Waals surface area contributed by atoms with Crippen molar-refractivity contribution in [3.63, 3.8) is 0 Å². The summed E-state index contributed by atoms with van der Waals surface area (Å²) in [6, 6.07) is 0. The van der Waals surface area contributed by atoms with Gasteiger partial charge in [-0.3, -0.25) is 4.79 Å². The normalized spacial score (nSPS) is 19.9. The second kappa shape index (κ2) is 5.42. The molecule has 2 heterocycles. The second-order valence-electron chi connectivity index (χ2n) is 5.78. The molecule has 0 atom stereocenters. The van der Waals surface area contributed by atoms with Crippen LogP contribution < -0.4 is 5.32 Å². The van der Waals surface area contributed by atoms with E-state index in [2.05, 4.69) is 10.3 Å². The minimum Gasteiger partial charge on any atom is -0.350 e. The molecule has 1 N–H and O–H groups in total. The summed E-state index contributed by atoms with van der Waals surface area (Å²) in [6.45, 7) is 1.78. The van der Waals surface area contributed by atoms with Gasteiger partial charge in [0.1, 0.15) is 5.82 Å². The molecule has 21 heavy (non-hydrogen) atoms. The quantitative estimate of drug-likeness (QED) is 0.853. The molecule has 0 aromatic carbocycles. The van der Waals surface area contributed by atoms with Gasteiger partial charge in [0.25, 0.3) is 0 Å². The summed E-state index contributed by atoms with van der Waals surface area (Å²) >= 11 is 0. The van der Waals surface area contributed by atoms with E-state index in [0.717, 1.165) is 30.8 Å². The number of hydrogen-bond acceptors (Lipinski definition) is 4. The molecule has 0 spiro atoms. The Hall–Kier alpha value is -1.41. The van der Waals surface area contributed by atoms with Crippen molar-refractivity contribution in [3.8, 4) is 0 Å². The lowest BCUT2D eigenvalue weighted by Crippen LogP contribution is -2.37. The van der Waals surface area contributed by atoms with Gasteiger partial charge in [0.2, 0.25) is 15.9 Å². The molecule has 0 saturated heterocycles. The number of carbonyl (C=O) groups excluding carboxylic acids is 1. The average molecular weight is 312 g/mol. The van der Waals surface area contributed by atoms with E-state index in [0.29, 0.717) is 26.2 Å². The van der Waals surface area contributed by atoms with Crippen molar-refractivity contribution in [2.75, 3.05) is 12.8 Å². The largest absolute Gasteiger partial charge is 0.350 e. The van der Waals surface area contributed by atoms with Crippen LogP contribution in [0, 0.1) is 5.92 Å². The first-order valence-corrected chi connectivity index (χ1v) is 9.06. The lowest BCUT2D eigenvalue weighted by atomic mass is 9.85. The van der Waals surface area contributed by atoms with Crippen molar-refractivity contribution >= 4 is 15.9 Å². The first-order chi connectivity index (χ1) is 9.93. The van der Waals surface area contributed by atoms with Gasteiger partial charge in [0.15, 0.2) is 0 Å². The van der Waals surface area contributed by atoms with Crippen LogP contribution in [0.5, 0.6) is 0 Å². The van der Waals surface area contributed by atoms with Crippen molar-refractivity contribution in [2.45, 2.75) is 38.9 Å². The Kier molecular flexibility index (Phi) is 3.75. The smallest absolute Gasteiger partial charge is 0.223 e. The Morgan fingerprint density at radius 1 is 1.43 bits per heavy atom. The zero-order valence-corrected chi connectivity index (χ0v) is 12.9. The van der Waals surface area contributed by atoms with Crippen LogP contribution in [-0.4, -0.2) is 41.0 Å². The van der Waals surface area contributed by atoms with Gasteiger partial charge in [-0.25, -0.2) is 13.4 Å². The monoisotopic (exact) mass is 312 g/mol. The average Bonchev–Trinajstić information content (AvgIpc) is 2.74. The molecule has 2 aliphatic rings. The lowest BCUT2D eigenvalue weighted by Gasteiger charge is -2.25. The zero-order chi connectivity index (χ0) is 15.0. The van der Waals surface area contributed by atoms with Crippen LogP contribution in [0.3, 0.4) is 0 Å². The van der Waals surface area contributed by atoms with Crippen molar-refractivity contribution in [3.05, 3.63) is 17.7 Å². The van der Waals surface area contributed by atoms with Gasteiger partial charge < -0.3 is 9.88 Å². The highest BCUT2D eigenvalue weighted by Gasteiger charge is 2.26. The van der Waals surface area contributed by atoms with Gasteiger partial charge in [-0.05, 0) is 12.8 Å². The first-order valence-electron chi connectivity index (χ1n) is 7.21. The molecule has 1 aromatic heterocycles. The fourth-order valence-electron chi connectivity index (χ4n) is 2.65. The van der Waals surface area contributed by atoms with E-state index in [9.17, 15) is 13.2 Å². The van der Waals surface area contributed by atoms with E-state index < -0.39 is 10.0 Å². The van der Waals surface area contributed by atoms with Crippen LogP contribution in [0.25, 0.3) is 0 Å². The molecule has 8 heteroatoms. The van der Waals surface area contributed by atoms with Crippen LogP contribution in [0.1, 0.15) is 30.8 Å². The molecule has 1 aromatic rings. The highest BCUT2D eigenvalue weighted by atomic mass is 32.2. The Bertz CT molecular complexity index is 648. The third kappa shape index (κ3) is 3.11. The molecule has 0 unspecified atom stereocenters. The number of nitrogens with one attached hydrogen (secondary N) is 1. The summed E-state index contributed by atoms with van der Waals surface area (Å²) < 4.78 is 26.5. The summed E-state index contributed by atoms with van der Waals surface area (Å²) in [7, 11) is -3.18. The minimum absolute atomic E-state index is 0.102. The molecule has 1 fully saturated rings. The van der Waals surface area contributed by atoms with Crippen molar-refractivity contribution in [1.82, 2.24) is 19.2 Å². The summed E-state index contributed by atoms with van der Waals surface area (Å²) in [5, 5.41) is 2.90. The van der Waals surface area contributed by atoms with Gasteiger partial charge in [-0.15, -0.1) is 0 Å². The number of amides is 1. The van der Waals surface area contributed by atoms with Crippen LogP contribution in [0.4, 0.5) is 0 Å². The van der Waals surface area contributed by atoms with Crippen LogP contribution in [0.2, 0.25) is 0 Å². The maximum absolute atomic E-state index is 11.8. The van der Waals surface area contributed by atoms with Crippen LogP contribution >= 0.6 is 0 Å². The molecular weight excluding hydrogens is 292 g/mol. The molecule has 0 radical (unpaired) electrons. The van der Waals surface area contributed by atoms with E-state index in [-0.39, 0.29) is 11.8 Å². The number of aromatic nitrogens is 2. The first kappa shape index (κ1) is 14.5. The molecular formula is C13H20N4O3S. The fraction of sp³-hybridized carbons (Fsp3) is 0.692. The standard InChI is InChI=1S/C13H20N4O3S/c1-21(19,20)17-6-5-16-8-11(15-12(16)9-17)7-14-13(18)10-3-2-4-10/h8,10H,2-7,9H2,1H3,(H,14,18). The molecule has 0 bridgehead atoms. The van der Waals surface area contributed by atoms with Gasteiger partial charge in [0, 0.05) is 25.2 Å². The van der Waals surface area contributed by atoms with Crippen molar-refractivity contribution in [1.29, 1.82) is 0 Å². The van der Waals surface area contributed by atoms with E-state index in [1.165, 1.54) is 10.6 Å². The van der Waals surface area contributed by atoms with E-state index >= 15 is 0 Å². The SMILES string of the molecule is CS(=O)(=O)N1CCn2cc(CNC(=O)C3CCC3)nc2C1. The Labute approximate surface area is 124 Å². The topological polar surface area (TPSA) is 84.3 Å². The second-order valence-corrected chi connectivity index (χ2v) is 7.77. The predicted octanol–water partition coefficient (Wildman–Crippen LogP) is 0.0746. The van der Waals surface area contributed by atoms with E-state index in [4.69, 9.17) is 0 Å². The summed E-state index contributed by atoms with van der Waals surface area (Å²) in [5.41, 5.74) is 0.785. The molecule has 1 amide bonds. The highest BCUT2D eigenvalue weighted by molar-refractivity contribution is 7.88. The molecule has 1 aliphatic heterocycles. The maximum atomic E-state index is 11.8. The van der Waals surface area contributed by atoms with Gasteiger partial charge in [-0.1, -0.05) is 6.42 Å². The summed E-state index contributed by atoms with van der Waals surface area (Å²) in [4.78, 5) is 16.2. The Morgan fingerprint density at radius 3 is 2.81 bits per heavy atom. The third-order valence-corrected chi connectivity index (χ3v) is 5.46. The molecule has 7 nitrogen and oxygen atoms in total.